The molecule has 158 valence electrons. The van der Waals surface area contributed by atoms with E-state index in [1.807, 2.05) is 0 Å². The van der Waals surface area contributed by atoms with Crippen LogP contribution in [0.4, 0.5) is 15.8 Å². The Kier molecular flexibility index (Phi) is 6.56. The number of anilines is 1. The van der Waals surface area contributed by atoms with Crippen molar-refractivity contribution < 1.29 is 28.4 Å². The van der Waals surface area contributed by atoms with Crippen LogP contribution in [0.1, 0.15) is 26.3 Å². The molecule has 0 aliphatic carbocycles. The van der Waals surface area contributed by atoms with Crippen molar-refractivity contribution in [2.45, 2.75) is 6.61 Å². The Labute approximate surface area is 176 Å². The van der Waals surface area contributed by atoms with E-state index in [1.54, 1.807) is 36.4 Å². The number of ether oxygens (including phenoxy) is 2. The fourth-order valence-electron chi connectivity index (χ4n) is 2.70. The number of nitro benzene ring substituents is 1. The molecule has 0 saturated carbocycles. The van der Waals surface area contributed by atoms with E-state index in [0.29, 0.717) is 11.4 Å². The molecule has 0 aliphatic heterocycles. The van der Waals surface area contributed by atoms with E-state index >= 15 is 0 Å². The lowest BCUT2D eigenvalue weighted by atomic mass is 10.1. The predicted octanol–water partition coefficient (Wildman–Crippen LogP) is 4.35. The van der Waals surface area contributed by atoms with Crippen LogP contribution in [0.15, 0.2) is 66.7 Å². The summed E-state index contributed by atoms with van der Waals surface area (Å²) in [5, 5.41) is 13.7. The first-order valence-corrected chi connectivity index (χ1v) is 9.02. The van der Waals surface area contributed by atoms with Crippen LogP contribution in [0.2, 0.25) is 0 Å². The maximum Gasteiger partial charge on any atom is 0.338 e. The van der Waals surface area contributed by atoms with E-state index in [0.717, 1.165) is 24.8 Å². The summed E-state index contributed by atoms with van der Waals surface area (Å²) in [5.41, 5.74) is 0.547. The van der Waals surface area contributed by atoms with Gasteiger partial charge in [0.2, 0.25) is 0 Å². The summed E-state index contributed by atoms with van der Waals surface area (Å²) < 4.78 is 23.2. The maximum atomic E-state index is 13.0. The zero-order valence-corrected chi connectivity index (χ0v) is 16.3. The molecule has 0 fully saturated rings. The highest BCUT2D eigenvalue weighted by molar-refractivity contribution is 6.06. The van der Waals surface area contributed by atoms with Gasteiger partial charge < -0.3 is 14.8 Å². The Balaban J connectivity index is 1.75. The first-order valence-electron chi connectivity index (χ1n) is 9.02. The van der Waals surface area contributed by atoms with Gasteiger partial charge in [0.25, 0.3) is 11.6 Å². The van der Waals surface area contributed by atoms with E-state index in [1.165, 1.54) is 18.2 Å². The van der Waals surface area contributed by atoms with Crippen LogP contribution < -0.4 is 10.1 Å². The van der Waals surface area contributed by atoms with Gasteiger partial charge in [-0.3, -0.25) is 14.9 Å². The number of carbonyl (C=O) groups is 2. The van der Waals surface area contributed by atoms with E-state index in [2.05, 4.69) is 10.1 Å². The highest BCUT2D eigenvalue weighted by atomic mass is 19.1. The number of nitrogens with zero attached hydrogens (tertiary/aromatic N) is 1. The van der Waals surface area contributed by atoms with Crippen molar-refractivity contribution in [1.82, 2.24) is 0 Å². The van der Waals surface area contributed by atoms with Gasteiger partial charge in [-0.25, -0.2) is 9.18 Å². The highest BCUT2D eigenvalue weighted by Crippen LogP contribution is 2.22. The van der Waals surface area contributed by atoms with Crippen molar-refractivity contribution >= 4 is 23.3 Å². The van der Waals surface area contributed by atoms with Crippen molar-refractivity contribution in [2.24, 2.45) is 0 Å². The molecule has 1 N–H and O–H groups in total. The molecule has 8 nitrogen and oxygen atoms in total. The molecule has 0 aromatic heterocycles. The molecule has 0 bridgehead atoms. The van der Waals surface area contributed by atoms with Crippen molar-refractivity contribution in [2.75, 3.05) is 12.4 Å². The van der Waals surface area contributed by atoms with Gasteiger partial charge in [-0.1, -0.05) is 18.2 Å². The van der Waals surface area contributed by atoms with Crippen molar-refractivity contribution in [3.63, 3.8) is 0 Å². The van der Waals surface area contributed by atoms with Crippen LogP contribution >= 0.6 is 0 Å². The molecule has 0 radical (unpaired) electrons. The number of nitrogens with one attached hydrogen (secondary N) is 1. The number of hydrogen-bond donors (Lipinski definition) is 1. The molecule has 3 aromatic carbocycles. The smallest absolute Gasteiger partial charge is 0.338 e. The van der Waals surface area contributed by atoms with Crippen LogP contribution in [0, 0.1) is 15.9 Å². The number of amides is 1. The Morgan fingerprint density at radius 2 is 1.74 bits per heavy atom. The fourth-order valence-corrected chi connectivity index (χ4v) is 2.70. The van der Waals surface area contributed by atoms with E-state index in [4.69, 9.17) is 4.74 Å². The van der Waals surface area contributed by atoms with Crippen LogP contribution in [0.3, 0.4) is 0 Å². The van der Waals surface area contributed by atoms with Gasteiger partial charge in [0, 0.05) is 29.4 Å². The summed E-state index contributed by atoms with van der Waals surface area (Å²) in [5.74, 6) is -1.33. The Morgan fingerprint density at radius 1 is 1.03 bits per heavy atom. The zero-order chi connectivity index (χ0) is 22.4. The zero-order valence-electron chi connectivity index (χ0n) is 16.3. The number of non-ortho nitro benzene ring substituents is 1. The van der Waals surface area contributed by atoms with Crippen LogP contribution in [-0.4, -0.2) is 23.9 Å². The summed E-state index contributed by atoms with van der Waals surface area (Å²) in [4.78, 5) is 34.8. The SMILES string of the molecule is COC(=O)c1cc(C(=O)Nc2cccc(OCc3ccc(F)cc3)c2)cc([N+](=O)[O-])c1. The molecule has 3 aromatic rings. The molecule has 0 saturated heterocycles. The highest BCUT2D eigenvalue weighted by Gasteiger charge is 2.18. The van der Waals surface area contributed by atoms with E-state index in [-0.39, 0.29) is 23.6 Å². The van der Waals surface area contributed by atoms with Gasteiger partial charge in [-0.2, -0.15) is 0 Å². The summed E-state index contributed by atoms with van der Waals surface area (Å²) in [7, 11) is 1.14. The number of nitro groups is 1. The molecule has 0 heterocycles. The van der Waals surface area contributed by atoms with Gasteiger partial charge >= 0.3 is 5.97 Å². The van der Waals surface area contributed by atoms with Crippen molar-refractivity contribution in [3.05, 3.63) is 99.4 Å². The van der Waals surface area contributed by atoms with Gasteiger partial charge in [0.15, 0.2) is 0 Å². The standard InChI is InChI=1S/C22H17FN2O6/c1-30-22(27)16-9-15(10-19(11-16)25(28)29)21(26)24-18-3-2-4-20(12-18)31-13-14-5-7-17(23)8-6-14/h2-12H,13H2,1H3,(H,24,26). The third-order valence-electron chi connectivity index (χ3n) is 4.22. The Hall–Kier alpha value is -4.27. The first kappa shape index (κ1) is 21.4. The number of benzene rings is 3. The monoisotopic (exact) mass is 424 g/mol. The van der Waals surface area contributed by atoms with Crippen LogP contribution in [0.5, 0.6) is 5.75 Å². The van der Waals surface area contributed by atoms with Gasteiger partial charge in [0.1, 0.15) is 18.2 Å². The average molecular weight is 424 g/mol. The molecule has 1 amide bonds. The lowest BCUT2D eigenvalue weighted by Crippen LogP contribution is -2.14. The number of esters is 1. The van der Waals surface area contributed by atoms with Gasteiger partial charge in [-0.15, -0.1) is 0 Å². The van der Waals surface area contributed by atoms with Crippen LogP contribution in [0.25, 0.3) is 0 Å². The Morgan fingerprint density at radius 3 is 2.42 bits per heavy atom. The lowest BCUT2D eigenvalue weighted by Gasteiger charge is -2.10. The number of hydrogen-bond acceptors (Lipinski definition) is 6. The first-order chi connectivity index (χ1) is 14.9. The quantitative estimate of drug-likeness (QED) is 0.343. The molecule has 31 heavy (non-hydrogen) atoms. The number of carbonyl (C=O) groups excluding carboxylic acids is 2. The molecule has 0 spiro atoms. The largest absolute Gasteiger partial charge is 0.489 e. The molecular weight excluding hydrogens is 407 g/mol. The molecule has 9 heteroatoms. The normalized spacial score (nSPS) is 10.3. The molecule has 3 rings (SSSR count). The fraction of sp³-hybridized carbons (Fsp3) is 0.0909. The van der Waals surface area contributed by atoms with E-state index in [9.17, 15) is 24.1 Å². The predicted molar refractivity (Wildman–Crippen MR) is 110 cm³/mol. The minimum atomic E-state index is -0.797. The van der Waals surface area contributed by atoms with Crippen molar-refractivity contribution in [1.29, 1.82) is 0 Å². The molecular formula is C22H17FN2O6. The van der Waals surface area contributed by atoms with Gasteiger partial charge in [0.05, 0.1) is 17.6 Å². The Bertz CT molecular complexity index is 1130. The minimum absolute atomic E-state index is 0.0766. The summed E-state index contributed by atoms with van der Waals surface area (Å²) in [6.45, 7) is 0.199. The third kappa shape index (κ3) is 5.63. The summed E-state index contributed by atoms with van der Waals surface area (Å²) in [6, 6.07) is 15.7. The average Bonchev–Trinajstić information content (AvgIpc) is 2.78. The molecule has 0 aliphatic rings. The summed E-state index contributed by atoms with van der Waals surface area (Å²) in [6.07, 6.45) is 0. The number of methoxy groups -OCH3 is 1. The summed E-state index contributed by atoms with van der Waals surface area (Å²) >= 11 is 0. The van der Waals surface area contributed by atoms with Crippen LogP contribution in [-0.2, 0) is 11.3 Å². The van der Waals surface area contributed by atoms with E-state index < -0.39 is 22.5 Å². The van der Waals surface area contributed by atoms with Gasteiger partial charge in [-0.05, 0) is 35.9 Å². The number of halogens is 1. The minimum Gasteiger partial charge on any atom is -0.489 e. The molecule has 0 unspecified atom stereocenters. The second-order valence-corrected chi connectivity index (χ2v) is 6.41. The topological polar surface area (TPSA) is 108 Å². The third-order valence-corrected chi connectivity index (χ3v) is 4.22. The number of rotatable bonds is 7. The second-order valence-electron chi connectivity index (χ2n) is 6.41. The maximum absolute atomic E-state index is 13.0. The van der Waals surface area contributed by atoms with Crippen molar-refractivity contribution in [3.8, 4) is 5.75 Å². The lowest BCUT2D eigenvalue weighted by molar-refractivity contribution is -0.384. The second kappa shape index (κ2) is 9.49. The molecule has 0 atom stereocenters.